The molecule has 0 aromatic heterocycles. The number of carbonyl (C=O) groups is 1. The van der Waals surface area contributed by atoms with E-state index in [4.69, 9.17) is 14.2 Å². The first kappa shape index (κ1) is 14.4. The fourth-order valence-electron chi connectivity index (χ4n) is 1.05. The van der Waals surface area contributed by atoms with Crippen molar-refractivity contribution in [1.29, 1.82) is 0 Å². The van der Waals surface area contributed by atoms with Crippen molar-refractivity contribution in [2.24, 2.45) is 0 Å². The highest BCUT2D eigenvalue weighted by Gasteiger charge is 2.13. The summed E-state index contributed by atoms with van der Waals surface area (Å²) in [7, 11) is 4.29. The molecule has 1 amide bonds. The standard InChI is InChI=1S/C9H21NO4Si/c1-12-6-8(7-13-2)14-9(11)10-4-3-5-15/h8H,3-7H2,1-2,15H3,(H,10,11). The zero-order chi connectivity index (χ0) is 11.5. The number of rotatable bonds is 8. The summed E-state index contributed by atoms with van der Waals surface area (Å²) >= 11 is 0. The summed E-state index contributed by atoms with van der Waals surface area (Å²) < 4.78 is 14.9. The van der Waals surface area contributed by atoms with Crippen molar-refractivity contribution in [3.05, 3.63) is 0 Å². The van der Waals surface area contributed by atoms with E-state index in [-0.39, 0.29) is 6.10 Å². The van der Waals surface area contributed by atoms with Gasteiger partial charge < -0.3 is 19.5 Å². The van der Waals surface area contributed by atoms with Gasteiger partial charge in [0.1, 0.15) is 0 Å². The van der Waals surface area contributed by atoms with Crippen LogP contribution >= 0.6 is 0 Å². The predicted molar refractivity (Wildman–Crippen MR) is 61.4 cm³/mol. The molecule has 0 aliphatic carbocycles. The molecule has 0 unspecified atom stereocenters. The van der Waals surface area contributed by atoms with Gasteiger partial charge in [-0.2, -0.15) is 0 Å². The second kappa shape index (κ2) is 9.94. The predicted octanol–water partition coefficient (Wildman–Crippen LogP) is -0.452. The summed E-state index contributed by atoms with van der Waals surface area (Å²) in [5, 5.41) is 2.68. The van der Waals surface area contributed by atoms with Crippen molar-refractivity contribution in [3.63, 3.8) is 0 Å². The third kappa shape index (κ3) is 8.40. The lowest BCUT2D eigenvalue weighted by Crippen LogP contribution is -2.34. The maximum Gasteiger partial charge on any atom is 0.407 e. The SMILES string of the molecule is COCC(COC)OC(=O)NCCC[SiH3]. The van der Waals surface area contributed by atoms with Crippen LogP contribution in [-0.4, -0.2) is 56.4 Å². The summed E-state index contributed by atoms with van der Waals surface area (Å²) in [6.07, 6.45) is 0.279. The monoisotopic (exact) mass is 235 g/mol. The Morgan fingerprint density at radius 3 is 2.40 bits per heavy atom. The molecule has 0 spiro atoms. The van der Waals surface area contributed by atoms with Crippen LogP contribution in [-0.2, 0) is 14.2 Å². The van der Waals surface area contributed by atoms with Crippen molar-refractivity contribution < 1.29 is 19.0 Å². The van der Waals surface area contributed by atoms with Crippen LogP contribution in [0.3, 0.4) is 0 Å². The molecule has 0 saturated heterocycles. The maximum atomic E-state index is 11.2. The van der Waals surface area contributed by atoms with Crippen molar-refractivity contribution in [3.8, 4) is 0 Å². The first-order valence-electron chi connectivity index (χ1n) is 5.16. The molecule has 0 fully saturated rings. The minimum atomic E-state index is -0.399. The summed E-state index contributed by atoms with van der Waals surface area (Å²) in [6, 6.07) is 1.18. The van der Waals surface area contributed by atoms with Gasteiger partial charge in [0.15, 0.2) is 6.10 Å². The van der Waals surface area contributed by atoms with Crippen LogP contribution in [0.15, 0.2) is 0 Å². The quantitative estimate of drug-likeness (QED) is 0.457. The van der Waals surface area contributed by atoms with Gasteiger partial charge in [0.2, 0.25) is 0 Å². The largest absolute Gasteiger partial charge is 0.441 e. The molecule has 0 rings (SSSR count). The zero-order valence-corrected chi connectivity index (χ0v) is 11.7. The van der Waals surface area contributed by atoms with Crippen LogP contribution in [0.25, 0.3) is 0 Å². The lowest BCUT2D eigenvalue weighted by molar-refractivity contribution is -0.00430. The Hall–Kier alpha value is -0.593. The zero-order valence-electron chi connectivity index (χ0n) is 9.75. The number of ether oxygens (including phenoxy) is 3. The topological polar surface area (TPSA) is 56.8 Å². The highest BCUT2D eigenvalue weighted by atomic mass is 28.1. The molecular weight excluding hydrogens is 214 g/mol. The second-order valence-electron chi connectivity index (χ2n) is 3.22. The second-order valence-corrected chi connectivity index (χ2v) is 4.22. The molecule has 0 atom stereocenters. The van der Waals surface area contributed by atoms with Crippen molar-refractivity contribution in [2.45, 2.75) is 18.6 Å². The van der Waals surface area contributed by atoms with Gasteiger partial charge in [-0.3, -0.25) is 0 Å². The van der Waals surface area contributed by atoms with Crippen LogP contribution in [0.1, 0.15) is 6.42 Å². The van der Waals surface area contributed by atoms with E-state index >= 15 is 0 Å². The molecule has 1 N–H and O–H groups in total. The highest BCUT2D eigenvalue weighted by Crippen LogP contribution is 1.95. The van der Waals surface area contributed by atoms with Crippen molar-refractivity contribution >= 4 is 16.3 Å². The molecule has 15 heavy (non-hydrogen) atoms. The van der Waals surface area contributed by atoms with E-state index in [1.54, 1.807) is 14.2 Å². The number of nitrogens with one attached hydrogen (secondary N) is 1. The summed E-state index contributed by atoms with van der Waals surface area (Å²) in [4.78, 5) is 11.2. The van der Waals surface area contributed by atoms with Gasteiger partial charge in [-0.1, -0.05) is 6.04 Å². The molecular formula is C9H21NO4Si. The first-order chi connectivity index (χ1) is 7.24. The summed E-state index contributed by atoms with van der Waals surface area (Å²) in [5.41, 5.74) is 0. The molecule has 0 bridgehead atoms. The molecule has 0 aromatic rings. The number of hydrogen-bond donors (Lipinski definition) is 1. The average molecular weight is 235 g/mol. The minimum Gasteiger partial charge on any atom is -0.441 e. The van der Waals surface area contributed by atoms with Gasteiger partial charge in [-0.15, -0.1) is 0 Å². The van der Waals surface area contributed by atoms with E-state index in [0.717, 1.165) is 6.42 Å². The summed E-state index contributed by atoms with van der Waals surface area (Å²) in [6.45, 7) is 1.37. The highest BCUT2D eigenvalue weighted by molar-refractivity contribution is 6.08. The number of methoxy groups -OCH3 is 2. The van der Waals surface area contributed by atoms with Gasteiger partial charge in [0.25, 0.3) is 0 Å². The van der Waals surface area contributed by atoms with Crippen LogP contribution in [0.4, 0.5) is 4.79 Å². The third-order valence-corrected chi connectivity index (χ3v) is 2.49. The number of hydrogen-bond acceptors (Lipinski definition) is 4. The van der Waals surface area contributed by atoms with Crippen LogP contribution in [0, 0.1) is 0 Å². The number of alkyl carbamates (subject to hydrolysis) is 1. The van der Waals surface area contributed by atoms with E-state index in [2.05, 4.69) is 5.32 Å². The van der Waals surface area contributed by atoms with Gasteiger partial charge in [-0.05, 0) is 6.42 Å². The Morgan fingerprint density at radius 1 is 1.33 bits per heavy atom. The normalized spacial score (nSPS) is 10.6. The molecule has 0 aromatic carbocycles. The van der Waals surface area contributed by atoms with E-state index in [0.29, 0.717) is 19.8 Å². The van der Waals surface area contributed by atoms with Gasteiger partial charge in [-0.25, -0.2) is 4.79 Å². The Bertz CT molecular complexity index is 162. The lowest BCUT2D eigenvalue weighted by Gasteiger charge is -2.16. The number of carbonyl (C=O) groups excluding carboxylic acids is 1. The Morgan fingerprint density at radius 2 is 1.93 bits per heavy atom. The minimum absolute atomic E-state index is 0.337. The van der Waals surface area contributed by atoms with E-state index in [1.807, 2.05) is 0 Å². The average Bonchev–Trinajstić information content (AvgIpc) is 2.19. The Labute approximate surface area is 93.9 Å². The van der Waals surface area contributed by atoms with Crippen molar-refractivity contribution in [1.82, 2.24) is 5.32 Å². The lowest BCUT2D eigenvalue weighted by atomic mass is 10.4. The van der Waals surface area contributed by atoms with Crippen molar-refractivity contribution in [2.75, 3.05) is 34.0 Å². The van der Waals surface area contributed by atoms with E-state index in [1.165, 1.54) is 16.3 Å². The van der Waals surface area contributed by atoms with Crippen LogP contribution in [0.5, 0.6) is 0 Å². The third-order valence-electron chi connectivity index (χ3n) is 1.78. The Kier molecular flexibility index (Phi) is 9.55. The molecule has 0 heterocycles. The molecule has 5 nitrogen and oxygen atoms in total. The first-order valence-corrected chi connectivity index (χ1v) is 6.58. The van der Waals surface area contributed by atoms with Gasteiger partial charge in [0.05, 0.1) is 13.2 Å². The Balaban J connectivity index is 3.67. The summed E-state index contributed by atoms with van der Waals surface area (Å²) in [5.74, 6) is 0. The molecule has 90 valence electrons. The smallest absolute Gasteiger partial charge is 0.407 e. The molecule has 0 radical (unpaired) electrons. The molecule has 0 saturated carbocycles. The van der Waals surface area contributed by atoms with Crippen LogP contribution in [0.2, 0.25) is 6.04 Å². The molecule has 6 heteroatoms. The molecule has 0 aliphatic heterocycles. The van der Waals surface area contributed by atoms with E-state index < -0.39 is 6.09 Å². The fourth-order valence-corrected chi connectivity index (χ4v) is 1.40. The van der Waals surface area contributed by atoms with Crippen LogP contribution < -0.4 is 5.32 Å². The van der Waals surface area contributed by atoms with E-state index in [9.17, 15) is 4.79 Å². The molecule has 0 aliphatic rings. The fraction of sp³-hybridized carbons (Fsp3) is 0.889. The number of amides is 1. The van der Waals surface area contributed by atoms with Gasteiger partial charge >= 0.3 is 6.09 Å². The van der Waals surface area contributed by atoms with Gasteiger partial charge in [0, 0.05) is 31.0 Å². The maximum absolute atomic E-state index is 11.2.